The molecule has 0 bridgehead atoms. The van der Waals surface area contributed by atoms with Crippen LogP contribution in [-0.2, 0) is 0 Å². The highest BCUT2D eigenvalue weighted by Crippen LogP contribution is 2.39. The lowest BCUT2D eigenvalue weighted by Crippen LogP contribution is -2.44. The van der Waals surface area contributed by atoms with Gasteiger partial charge in [0.05, 0.1) is 5.52 Å². The molecular formula is C24H17ClFN3. The molecule has 0 radical (unpaired) electrons. The van der Waals surface area contributed by atoms with Gasteiger partial charge in [-0.15, -0.1) is 0 Å². The Morgan fingerprint density at radius 3 is 2.86 bits per heavy atom. The Morgan fingerprint density at radius 1 is 1.10 bits per heavy atom. The summed E-state index contributed by atoms with van der Waals surface area (Å²) in [7, 11) is 0. The van der Waals surface area contributed by atoms with Crippen molar-refractivity contribution in [1.82, 2.24) is 10.3 Å². The molecule has 29 heavy (non-hydrogen) atoms. The maximum absolute atomic E-state index is 14.6. The first-order valence-electron chi connectivity index (χ1n) is 9.31. The smallest absolute Gasteiger partial charge is 0.153 e. The van der Waals surface area contributed by atoms with Gasteiger partial charge >= 0.3 is 0 Å². The Hall–Kier alpha value is -3.24. The van der Waals surface area contributed by atoms with Crippen molar-refractivity contribution in [2.45, 2.75) is 12.6 Å². The van der Waals surface area contributed by atoms with Crippen LogP contribution >= 0.6 is 11.6 Å². The van der Waals surface area contributed by atoms with Gasteiger partial charge in [-0.25, -0.2) is 4.39 Å². The van der Waals surface area contributed by atoms with Crippen LogP contribution in [0.5, 0.6) is 0 Å². The van der Waals surface area contributed by atoms with Gasteiger partial charge in [0.1, 0.15) is 5.82 Å². The number of aliphatic imine (C=N–C) groups is 1. The Bertz CT molecular complexity index is 1270. The molecule has 0 saturated heterocycles. The maximum atomic E-state index is 14.6. The summed E-state index contributed by atoms with van der Waals surface area (Å²) in [6.07, 6.45) is 9.50. The average Bonchev–Trinajstić information content (AvgIpc) is 2.73. The summed E-state index contributed by atoms with van der Waals surface area (Å²) in [5, 5.41) is 4.91. The highest BCUT2D eigenvalue weighted by molar-refractivity contribution is 6.30. The lowest BCUT2D eigenvalue weighted by molar-refractivity contribution is 0.510. The van der Waals surface area contributed by atoms with E-state index >= 15 is 0 Å². The molecule has 0 fully saturated rings. The van der Waals surface area contributed by atoms with Crippen LogP contribution in [0.2, 0.25) is 5.02 Å². The molecule has 142 valence electrons. The van der Waals surface area contributed by atoms with Crippen LogP contribution in [0.25, 0.3) is 22.2 Å². The number of fused-ring (bicyclic) bond motifs is 2. The van der Waals surface area contributed by atoms with Crippen molar-refractivity contribution < 1.29 is 4.39 Å². The number of rotatable bonds is 2. The van der Waals surface area contributed by atoms with Crippen molar-refractivity contribution in [3.05, 3.63) is 100 Å². The minimum Gasteiger partial charge on any atom is -0.357 e. The van der Waals surface area contributed by atoms with Gasteiger partial charge in [-0.05, 0) is 55.0 Å². The van der Waals surface area contributed by atoms with Crippen molar-refractivity contribution in [2.24, 2.45) is 4.99 Å². The molecule has 0 spiro atoms. The monoisotopic (exact) mass is 401 g/mol. The zero-order valence-electron chi connectivity index (χ0n) is 15.7. The molecule has 5 rings (SSSR count). The third-order valence-electron chi connectivity index (χ3n) is 5.28. The van der Waals surface area contributed by atoms with Crippen molar-refractivity contribution in [3.63, 3.8) is 0 Å². The normalized spacial score (nSPS) is 20.4. The molecule has 3 aromatic rings. The Kier molecular flexibility index (Phi) is 4.10. The number of aromatic nitrogens is 1. The van der Waals surface area contributed by atoms with Crippen molar-refractivity contribution >= 4 is 40.0 Å². The van der Waals surface area contributed by atoms with E-state index in [1.54, 1.807) is 18.3 Å². The molecule has 5 heteroatoms. The molecule has 2 aliphatic heterocycles. The number of hydrogen-bond acceptors (Lipinski definition) is 3. The minimum atomic E-state index is -0.714. The van der Waals surface area contributed by atoms with Gasteiger partial charge in [0.15, 0.2) is 5.66 Å². The van der Waals surface area contributed by atoms with Gasteiger partial charge in [0.2, 0.25) is 0 Å². The molecule has 1 N–H and O–H groups in total. The summed E-state index contributed by atoms with van der Waals surface area (Å²) < 4.78 is 14.6. The van der Waals surface area contributed by atoms with Gasteiger partial charge in [-0.2, -0.15) is 0 Å². The summed E-state index contributed by atoms with van der Waals surface area (Å²) in [6.45, 7) is 1.98. The molecule has 3 heterocycles. The second-order valence-corrected chi connectivity index (χ2v) is 7.70. The quantitative estimate of drug-likeness (QED) is 0.590. The zero-order chi connectivity index (χ0) is 20.0. The Morgan fingerprint density at radius 2 is 1.97 bits per heavy atom. The molecule has 0 saturated carbocycles. The Labute approximate surface area is 173 Å². The first-order valence-corrected chi connectivity index (χ1v) is 9.68. The lowest BCUT2D eigenvalue weighted by atomic mass is 9.85. The lowest BCUT2D eigenvalue weighted by Gasteiger charge is -2.37. The van der Waals surface area contributed by atoms with Gasteiger partial charge in [-0.3, -0.25) is 9.98 Å². The minimum absolute atomic E-state index is 0.341. The first kappa shape index (κ1) is 17.8. The number of nitrogens with one attached hydrogen (secondary N) is 1. The van der Waals surface area contributed by atoms with Crippen LogP contribution in [0.1, 0.15) is 18.1 Å². The topological polar surface area (TPSA) is 37.3 Å². The fraction of sp³-hybridized carbons (Fsp3) is 0.0833. The highest BCUT2D eigenvalue weighted by Gasteiger charge is 2.35. The summed E-state index contributed by atoms with van der Waals surface area (Å²) in [5.41, 5.74) is 4.17. The molecule has 2 aliphatic rings. The molecule has 0 aliphatic carbocycles. The van der Waals surface area contributed by atoms with E-state index in [-0.39, 0.29) is 5.82 Å². The van der Waals surface area contributed by atoms with Crippen LogP contribution in [0, 0.1) is 5.82 Å². The van der Waals surface area contributed by atoms with E-state index in [9.17, 15) is 4.39 Å². The molecule has 1 unspecified atom stereocenters. The van der Waals surface area contributed by atoms with Crippen LogP contribution < -0.4 is 5.32 Å². The van der Waals surface area contributed by atoms with Crippen LogP contribution in [-0.4, -0.2) is 16.9 Å². The first-order chi connectivity index (χ1) is 14.0. The average molecular weight is 402 g/mol. The Balaban J connectivity index is 1.75. The molecule has 2 aromatic carbocycles. The zero-order valence-corrected chi connectivity index (χ0v) is 16.4. The summed E-state index contributed by atoms with van der Waals surface area (Å²) in [5.74, 6) is -0.341. The third kappa shape index (κ3) is 3.06. The van der Waals surface area contributed by atoms with Crippen molar-refractivity contribution in [2.75, 3.05) is 0 Å². The predicted octanol–water partition coefficient (Wildman–Crippen LogP) is 5.78. The van der Waals surface area contributed by atoms with E-state index in [1.165, 1.54) is 6.07 Å². The van der Waals surface area contributed by atoms with Crippen molar-refractivity contribution in [1.29, 1.82) is 0 Å². The van der Waals surface area contributed by atoms with Crippen LogP contribution in [0.15, 0.2) is 83.5 Å². The van der Waals surface area contributed by atoms with E-state index < -0.39 is 5.66 Å². The van der Waals surface area contributed by atoms with Gasteiger partial charge in [0.25, 0.3) is 0 Å². The van der Waals surface area contributed by atoms with Crippen molar-refractivity contribution in [3.8, 4) is 0 Å². The van der Waals surface area contributed by atoms with E-state index in [0.29, 0.717) is 16.3 Å². The molecular weight excluding hydrogens is 385 g/mol. The largest absolute Gasteiger partial charge is 0.357 e. The fourth-order valence-electron chi connectivity index (χ4n) is 3.84. The molecule has 3 nitrogen and oxygen atoms in total. The number of hydrogen-bond donors (Lipinski definition) is 1. The summed E-state index contributed by atoms with van der Waals surface area (Å²) in [6, 6.07) is 14.6. The van der Waals surface area contributed by atoms with E-state index in [0.717, 1.165) is 27.6 Å². The third-order valence-corrected chi connectivity index (χ3v) is 5.52. The fourth-order valence-corrected chi connectivity index (χ4v) is 4.01. The van der Waals surface area contributed by atoms with Gasteiger partial charge < -0.3 is 5.32 Å². The van der Waals surface area contributed by atoms with E-state index in [4.69, 9.17) is 11.6 Å². The number of para-hydroxylation sites is 1. The number of pyridine rings is 1. The standard InChI is InChI=1S/C24H17ClFN3/c1-24-20(6-4-10-28-24)18(16-11-15-5-2-3-7-22(15)27-14-16)13-23(29-24)19-12-17(25)8-9-21(19)26/h2-14,29H,1H3. The number of halogens is 2. The molecule has 0 amide bonds. The number of allylic oxidation sites excluding steroid dienone is 3. The summed E-state index contributed by atoms with van der Waals surface area (Å²) >= 11 is 6.14. The number of dihydropyridines is 2. The second-order valence-electron chi connectivity index (χ2n) is 7.26. The van der Waals surface area contributed by atoms with Crippen LogP contribution in [0.3, 0.4) is 0 Å². The molecule has 1 aromatic heterocycles. The van der Waals surface area contributed by atoms with Gasteiger partial charge in [-0.1, -0.05) is 35.9 Å². The van der Waals surface area contributed by atoms with Gasteiger partial charge in [0, 0.05) is 45.2 Å². The highest BCUT2D eigenvalue weighted by atomic mass is 35.5. The number of nitrogens with zero attached hydrogens (tertiary/aromatic N) is 2. The SMILES string of the molecule is CC12N=CC=CC1=C(c1cnc3ccccc3c1)C=C(c1cc(Cl)ccc1F)N2. The maximum Gasteiger partial charge on any atom is 0.153 e. The van der Waals surface area contributed by atoms with Crippen LogP contribution in [0.4, 0.5) is 4.39 Å². The summed E-state index contributed by atoms with van der Waals surface area (Å²) in [4.78, 5) is 9.26. The second kappa shape index (κ2) is 6.68. The molecule has 1 atom stereocenters. The predicted molar refractivity (Wildman–Crippen MR) is 117 cm³/mol. The number of benzene rings is 2. The van der Waals surface area contributed by atoms with E-state index in [1.807, 2.05) is 55.6 Å². The van der Waals surface area contributed by atoms with E-state index in [2.05, 4.69) is 21.4 Å².